The summed E-state index contributed by atoms with van der Waals surface area (Å²) >= 11 is 1.75. The predicted octanol–water partition coefficient (Wildman–Crippen LogP) is 3.66. The lowest BCUT2D eigenvalue weighted by molar-refractivity contribution is -0.0507. The lowest BCUT2D eigenvalue weighted by Gasteiger charge is -2.38. The molecule has 2 aliphatic heterocycles. The van der Waals surface area contributed by atoms with Crippen LogP contribution in [-0.4, -0.2) is 57.3 Å². The molecule has 0 unspecified atom stereocenters. The number of thioether (sulfide) groups is 1. The first kappa shape index (κ1) is 22.3. The minimum Gasteiger partial charge on any atom is -0.396 e. The molecule has 1 aromatic carbocycles. The van der Waals surface area contributed by atoms with E-state index in [4.69, 9.17) is 9.84 Å². The minimum atomic E-state index is -0.941. The van der Waals surface area contributed by atoms with E-state index >= 15 is 0 Å². The second-order valence-corrected chi connectivity index (χ2v) is 10.4. The van der Waals surface area contributed by atoms with Gasteiger partial charge in [0, 0.05) is 53.6 Å². The van der Waals surface area contributed by atoms with Crippen molar-refractivity contribution in [1.29, 1.82) is 0 Å². The first-order chi connectivity index (χ1) is 15.9. The summed E-state index contributed by atoms with van der Waals surface area (Å²) in [6.07, 6.45) is 6.06. The Balaban J connectivity index is 1.44. The van der Waals surface area contributed by atoms with Crippen molar-refractivity contribution in [3.8, 4) is 11.3 Å². The first-order valence-electron chi connectivity index (χ1n) is 11.1. The van der Waals surface area contributed by atoms with Gasteiger partial charge in [0.2, 0.25) is 5.95 Å². The molecule has 172 valence electrons. The number of hydrogen-bond donors (Lipinski definition) is 2. The van der Waals surface area contributed by atoms with Crippen molar-refractivity contribution >= 4 is 23.4 Å². The van der Waals surface area contributed by atoms with Crippen LogP contribution in [0.5, 0.6) is 0 Å². The normalized spacial score (nSPS) is 16.7. The second kappa shape index (κ2) is 8.68. The number of pyridine rings is 1. The number of anilines is 2. The highest BCUT2D eigenvalue weighted by molar-refractivity contribution is 7.99. The van der Waals surface area contributed by atoms with Crippen molar-refractivity contribution in [1.82, 2.24) is 15.0 Å². The Labute approximate surface area is 197 Å². The number of aromatic nitrogens is 3. The third kappa shape index (κ3) is 4.24. The number of aliphatic hydroxyl groups excluding tert-OH is 1. The molecule has 1 spiro atoms. The topological polar surface area (TPSA) is 91.6 Å². The van der Waals surface area contributed by atoms with E-state index in [1.165, 1.54) is 10.5 Å². The monoisotopic (exact) mass is 464 g/mol. The molecule has 0 amide bonds. The summed E-state index contributed by atoms with van der Waals surface area (Å²) in [4.78, 5) is 17.2. The van der Waals surface area contributed by atoms with Gasteiger partial charge in [-0.25, -0.2) is 9.97 Å². The second-order valence-electron chi connectivity index (χ2n) is 9.22. The van der Waals surface area contributed by atoms with Gasteiger partial charge in [-0.15, -0.1) is 11.8 Å². The first-order valence-corrected chi connectivity index (χ1v) is 12.1. The molecule has 5 rings (SSSR count). The molecule has 2 aliphatic rings. The third-order valence-electron chi connectivity index (χ3n) is 6.26. The van der Waals surface area contributed by atoms with Crippen LogP contribution in [0.1, 0.15) is 31.4 Å². The highest BCUT2D eigenvalue weighted by Crippen LogP contribution is 2.48. The van der Waals surface area contributed by atoms with E-state index in [-0.39, 0.29) is 12.0 Å². The zero-order valence-corrected chi connectivity index (χ0v) is 19.7. The Kier molecular flexibility index (Phi) is 5.86. The average molecular weight is 465 g/mol. The maximum atomic E-state index is 10.3. The minimum absolute atomic E-state index is 0.00570. The van der Waals surface area contributed by atoms with E-state index in [1.54, 1.807) is 44.2 Å². The number of benzene rings is 1. The van der Waals surface area contributed by atoms with Crippen molar-refractivity contribution in [3.63, 3.8) is 0 Å². The Hall–Kier alpha value is -2.52. The van der Waals surface area contributed by atoms with Gasteiger partial charge < -0.3 is 19.8 Å². The van der Waals surface area contributed by atoms with Gasteiger partial charge in [0.25, 0.3) is 0 Å². The van der Waals surface area contributed by atoms with Gasteiger partial charge in [0.1, 0.15) is 0 Å². The van der Waals surface area contributed by atoms with Gasteiger partial charge in [0.05, 0.1) is 29.9 Å². The predicted molar refractivity (Wildman–Crippen MR) is 129 cm³/mol. The molecule has 0 bridgehead atoms. The van der Waals surface area contributed by atoms with Crippen molar-refractivity contribution in [2.75, 3.05) is 37.0 Å². The molecule has 4 heterocycles. The SMILES string of the molecule is CC(C)(O)c1ccnc(-c2cnc(N3CC4(COC4)c4ccc(SCCCO)cc43)nc2)c1. The molecule has 0 atom stereocenters. The summed E-state index contributed by atoms with van der Waals surface area (Å²) in [6.45, 7) is 5.93. The smallest absolute Gasteiger partial charge is 0.229 e. The number of nitrogens with zero attached hydrogens (tertiary/aromatic N) is 4. The Morgan fingerprint density at radius 3 is 2.58 bits per heavy atom. The molecule has 0 radical (unpaired) electrons. The lowest BCUT2D eigenvalue weighted by Crippen LogP contribution is -2.49. The summed E-state index contributed by atoms with van der Waals surface area (Å²) < 4.78 is 5.60. The van der Waals surface area contributed by atoms with Gasteiger partial charge in [-0.05, 0) is 55.7 Å². The van der Waals surface area contributed by atoms with Gasteiger partial charge in [0.15, 0.2) is 0 Å². The van der Waals surface area contributed by atoms with E-state index in [1.807, 2.05) is 12.1 Å². The average Bonchev–Trinajstić information content (AvgIpc) is 3.14. The van der Waals surface area contributed by atoms with Crippen LogP contribution < -0.4 is 4.90 Å². The molecule has 8 heteroatoms. The van der Waals surface area contributed by atoms with Crippen LogP contribution in [0.4, 0.5) is 11.6 Å². The quantitative estimate of drug-likeness (QED) is 0.404. The Morgan fingerprint density at radius 1 is 1.12 bits per heavy atom. The third-order valence-corrected chi connectivity index (χ3v) is 7.34. The summed E-state index contributed by atoms with van der Waals surface area (Å²) in [6, 6.07) is 10.3. The molecule has 3 aromatic rings. The molecular formula is C25H28N4O3S. The highest BCUT2D eigenvalue weighted by Gasteiger charge is 2.49. The van der Waals surface area contributed by atoms with Crippen molar-refractivity contribution < 1.29 is 14.9 Å². The Bertz CT molecular complexity index is 1140. The summed E-state index contributed by atoms with van der Waals surface area (Å²) in [7, 11) is 0. The molecule has 33 heavy (non-hydrogen) atoms. The molecule has 2 aromatic heterocycles. The summed E-state index contributed by atoms with van der Waals surface area (Å²) in [5.41, 5.74) is 3.80. The number of fused-ring (bicyclic) bond motifs is 2. The Morgan fingerprint density at radius 2 is 1.91 bits per heavy atom. The lowest BCUT2D eigenvalue weighted by atomic mass is 9.81. The summed E-state index contributed by atoms with van der Waals surface area (Å²) in [5.74, 6) is 1.53. The van der Waals surface area contributed by atoms with Crippen LogP contribution in [0, 0.1) is 0 Å². The van der Waals surface area contributed by atoms with Crippen LogP contribution in [0.3, 0.4) is 0 Å². The van der Waals surface area contributed by atoms with E-state index in [0.717, 1.165) is 41.2 Å². The number of aliphatic hydroxyl groups is 2. The fourth-order valence-electron chi connectivity index (χ4n) is 4.34. The molecule has 2 N–H and O–H groups in total. The van der Waals surface area contributed by atoms with Gasteiger partial charge in [-0.2, -0.15) is 0 Å². The number of hydrogen-bond acceptors (Lipinski definition) is 8. The molecule has 7 nitrogen and oxygen atoms in total. The molecule has 0 saturated carbocycles. The number of ether oxygens (including phenoxy) is 1. The van der Waals surface area contributed by atoms with Crippen molar-refractivity contribution in [3.05, 3.63) is 60.0 Å². The standard InChI is InChI=1S/C25H28N4O3S/c1-24(2,31)18-6-7-26-21(10-18)17-12-27-23(28-13-17)29-14-25(15-32-16-25)20-5-4-19(11-22(20)29)33-9-3-8-30/h4-7,10-13,30-31H,3,8-9,14-16H2,1-2H3. The van der Waals surface area contributed by atoms with Gasteiger partial charge >= 0.3 is 0 Å². The van der Waals surface area contributed by atoms with E-state index in [2.05, 4.69) is 38.1 Å². The molecule has 1 saturated heterocycles. The zero-order valence-electron chi connectivity index (χ0n) is 18.9. The van der Waals surface area contributed by atoms with Crippen LogP contribution >= 0.6 is 11.8 Å². The van der Waals surface area contributed by atoms with Gasteiger partial charge in [-0.1, -0.05) is 6.07 Å². The largest absolute Gasteiger partial charge is 0.396 e. The zero-order chi connectivity index (χ0) is 23.1. The van der Waals surface area contributed by atoms with Crippen molar-refractivity contribution in [2.24, 2.45) is 0 Å². The fourth-order valence-corrected chi connectivity index (χ4v) is 5.20. The van der Waals surface area contributed by atoms with Gasteiger partial charge in [-0.3, -0.25) is 4.98 Å². The molecular weight excluding hydrogens is 436 g/mol. The van der Waals surface area contributed by atoms with Crippen LogP contribution in [0.15, 0.2) is 53.8 Å². The van der Waals surface area contributed by atoms with Crippen LogP contribution in [0.2, 0.25) is 0 Å². The van der Waals surface area contributed by atoms with Crippen LogP contribution in [0.25, 0.3) is 11.3 Å². The maximum absolute atomic E-state index is 10.3. The summed E-state index contributed by atoms with van der Waals surface area (Å²) in [5, 5.41) is 19.4. The fraction of sp³-hybridized carbons (Fsp3) is 0.400. The van der Waals surface area contributed by atoms with E-state index < -0.39 is 5.60 Å². The van der Waals surface area contributed by atoms with Crippen molar-refractivity contribution in [2.45, 2.75) is 36.2 Å². The van der Waals surface area contributed by atoms with E-state index in [0.29, 0.717) is 19.2 Å². The molecule has 1 fully saturated rings. The van der Waals surface area contributed by atoms with E-state index in [9.17, 15) is 5.11 Å². The number of rotatable bonds is 7. The van der Waals surface area contributed by atoms with Crippen LogP contribution in [-0.2, 0) is 15.8 Å². The highest BCUT2D eigenvalue weighted by atomic mass is 32.2. The maximum Gasteiger partial charge on any atom is 0.229 e. The molecule has 0 aliphatic carbocycles.